The van der Waals surface area contributed by atoms with Gasteiger partial charge in [-0.3, -0.25) is 0 Å². The Morgan fingerprint density at radius 1 is 1.25 bits per heavy atom. The van der Waals surface area contributed by atoms with Gasteiger partial charge in [0.2, 0.25) is 0 Å². The summed E-state index contributed by atoms with van der Waals surface area (Å²) < 4.78 is 0. The summed E-state index contributed by atoms with van der Waals surface area (Å²) in [6.45, 7) is 4.11. The van der Waals surface area contributed by atoms with Crippen molar-refractivity contribution in [2.45, 2.75) is 52.4 Å². The summed E-state index contributed by atoms with van der Waals surface area (Å²) >= 11 is 0. The predicted octanol–water partition coefficient (Wildman–Crippen LogP) is 3.51. The monoisotopic (exact) mass is 165 g/mol. The van der Waals surface area contributed by atoms with E-state index in [2.05, 4.69) is 19.9 Å². The van der Waals surface area contributed by atoms with E-state index in [0.29, 0.717) is 0 Å². The van der Waals surface area contributed by atoms with E-state index >= 15 is 0 Å². The molecule has 1 nitrogen and oxygen atoms in total. The molecule has 0 heterocycles. The van der Waals surface area contributed by atoms with E-state index in [0.717, 1.165) is 12.3 Å². The van der Waals surface area contributed by atoms with Gasteiger partial charge in [0, 0.05) is 0 Å². The van der Waals surface area contributed by atoms with Crippen LogP contribution in [-0.4, -0.2) is 0 Å². The van der Waals surface area contributed by atoms with E-state index in [-0.39, 0.29) is 5.41 Å². The first-order valence-corrected chi connectivity index (χ1v) is 5.05. The van der Waals surface area contributed by atoms with Gasteiger partial charge in [-0.2, -0.15) is 5.26 Å². The van der Waals surface area contributed by atoms with E-state index in [1.165, 1.54) is 32.1 Å². The van der Waals surface area contributed by atoms with Crippen LogP contribution >= 0.6 is 0 Å². The molecule has 0 atom stereocenters. The minimum Gasteiger partial charge on any atom is -0.198 e. The fourth-order valence-electron chi connectivity index (χ4n) is 2.16. The van der Waals surface area contributed by atoms with Crippen molar-refractivity contribution in [2.24, 2.45) is 11.3 Å². The van der Waals surface area contributed by atoms with Crippen molar-refractivity contribution in [3.8, 4) is 6.07 Å². The molecule has 0 aromatic carbocycles. The third-order valence-electron chi connectivity index (χ3n) is 2.83. The Morgan fingerprint density at radius 2 is 1.83 bits per heavy atom. The quantitative estimate of drug-likeness (QED) is 0.614. The van der Waals surface area contributed by atoms with Crippen molar-refractivity contribution < 1.29 is 0 Å². The van der Waals surface area contributed by atoms with Gasteiger partial charge in [-0.1, -0.05) is 32.1 Å². The molecule has 1 saturated carbocycles. The molecule has 0 saturated heterocycles. The Morgan fingerprint density at radius 3 is 2.33 bits per heavy atom. The zero-order valence-corrected chi connectivity index (χ0v) is 8.27. The first kappa shape index (κ1) is 9.58. The number of nitriles is 1. The zero-order valence-electron chi connectivity index (χ0n) is 8.27. The summed E-state index contributed by atoms with van der Waals surface area (Å²) in [5.41, 5.74) is -0.0952. The Balaban J connectivity index is 2.35. The van der Waals surface area contributed by atoms with Crippen LogP contribution in [0.3, 0.4) is 0 Å². The van der Waals surface area contributed by atoms with Crippen molar-refractivity contribution in [3.63, 3.8) is 0 Å². The minimum absolute atomic E-state index is 0.0952. The van der Waals surface area contributed by atoms with Gasteiger partial charge >= 0.3 is 0 Å². The van der Waals surface area contributed by atoms with Crippen molar-refractivity contribution >= 4 is 0 Å². The van der Waals surface area contributed by atoms with E-state index in [9.17, 15) is 0 Å². The van der Waals surface area contributed by atoms with Crippen molar-refractivity contribution in [1.29, 1.82) is 5.26 Å². The van der Waals surface area contributed by atoms with Crippen LogP contribution in [0.1, 0.15) is 52.4 Å². The molecule has 1 rings (SSSR count). The molecule has 0 N–H and O–H groups in total. The van der Waals surface area contributed by atoms with Gasteiger partial charge in [0.25, 0.3) is 0 Å². The number of rotatable bonds is 2. The van der Waals surface area contributed by atoms with Crippen LogP contribution in [0.2, 0.25) is 0 Å². The lowest BCUT2D eigenvalue weighted by Crippen LogP contribution is -2.17. The van der Waals surface area contributed by atoms with E-state index in [1.54, 1.807) is 0 Å². The maximum atomic E-state index is 8.87. The molecule has 12 heavy (non-hydrogen) atoms. The van der Waals surface area contributed by atoms with Gasteiger partial charge < -0.3 is 0 Å². The molecule has 0 aromatic rings. The summed E-state index contributed by atoms with van der Waals surface area (Å²) in [5, 5.41) is 8.87. The number of hydrogen-bond acceptors (Lipinski definition) is 1. The molecule has 1 aliphatic rings. The lowest BCUT2D eigenvalue weighted by Gasteiger charge is -2.26. The Hall–Kier alpha value is -0.510. The largest absolute Gasteiger partial charge is 0.198 e. The second kappa shape index (κ2) is 3.94. The van der Waals surface area contributed by atoms with Gasteiger partial charge in [-0.25, -0.2) is 0 Å². The lowest BCUT2D eigenvalue weighted by molar-refractivity contribution is 0.268. The highest BCUT2D eigenvalue weighted by Crippen LogP contribution is 2.33. The molecular formula is C11H19N. The Kier molecular flexibility index (Phi) is 3.14. The van der Waals surface area contributed by atoms with E-state index in [1.807, 2.05) is 0 Å². The highest BCUT2D eigenvalue weighted by molar-refractivity contribution is 4.93. The van der Waals surface area contributed by atoms with Crippen LogP contribution in [0.5, 0.6) is 0 Å². The normalized spacial score (nSPS) is 20.4. The molecule has 0 radical (unpaired) electrons. The first-order valence-electron chi connectivity index (χ1n) is 5.05. The molecule has 1 fully saturated rings. The maximum Gasteiger partial charge on any atom is 0.0684 e. The molecule has 0 amide bonds. The molecule has 0 spiro atoms. The van der Waals surface area contributed by atoms with Gasteiger partial charge in [-0.15, -0.1) is 0 Å². The summed E-state index contributed by atoms with van der Waals surface area (Å²) in [5.74, 6) is 0.827. The fraction of sp³-hybridized carbons (Fsp3) is 0.909. The molecular weight excluding hydrogens is 146 g/mol. The standard InChI is InChI=1S/C11H19N/c1-11(2,9-12)8-10-6-4-3-5-7-10/h10H,3-8H2,1-2H3. The summed E-state index contributed by atoms with van der Waals surface area (Å²) in [6.07, 6.45) is 7.97. The molecule has 68 valence electrons. The second-order valence-electron chi connectivity index (χ2n) is 4.70. The zero-order chi connectivity index (χ0) is 9.03. The molecule has 0 aromatic heterocycles. The highest BCUT2D eigenvalue weighted by Gasteiger charge is 2.23. The van der Waals surface area contributed by atoms with Crippen LogP contribution in [-0.2, 0) is 0 Å². The molecule has 0 unspecified atom stereocenters. The fourth-order valence-corrected chi connectivity index (χ4v) is 2.16. The first-order chi connectivity index (χ1) is 5.64. The van der Waals surface area contributed by atoms with Gasteiger partial charge in [0.15, 0.2) is 0 Å². The smallest absolute Gasteiger partial charge is 0.0684 e. The minimum atomic E-state index is -0.0952. The van der Waals surface area contributed by atoms with E-state index in [4.69, 9.17) is 5.26 Å². The summed E-state index contributed by atoms with van der Waals surface area (Å²) in [7, 11) is 0. The Labute approximate surface area is 75.8 Å². The van der Waals surface area contributed by atoms with E-state index < -0.39 is 0 Å². The summed E-state index contributed by atoms with van der Waals surface area (Å²) in [4.78, 5) is 0. The van der Waals surface area contributed by atoms with Gasteiger partial charge in [0.1, 0.15) is 0 Å². The van der Waals surface area contributed by atoms with Gasteiger partial charge in [0.05, 0.1) is 11.5 Å². The predicted molar refractivity (Wildman–Crippen MR) is 50.6 cm³/mol. The SMILES string of the molecule is CC(C)(C#N)CC1CCCCC1. The van der Waals surface area contributed by atoms with Gasteiger partial charge in [-0.05, 0) is 26.2 Å². The van der Waals surface area contributed by atoms with Crippen molar-refractivity contribution in [3.05, 3.63) is 0 Å². The third-order valence-corrected chi connectivity index (χ3v) is 2.83. The third kappa shape index (κ3) is 2.85. The van der Waals surface area contributed by atoms with Crippen LogP contribution in [0.25, 0.3) is 0 Å². The highest BCUT2D eigenvalue weighted by atomic mass is 14.3. The second-order valence-corrected chi connectivity index (χ2v) is 4.70. The topological polar surface area (TPSA) is 23.8 Å². The Bertz CT molecular complexity index is 170. The molecule has 1 heteroatoms. The maximum absolute atomic E-state index is 8.87. The average Bonchev–Trinajstić information content (AvgIpc) is 2.06. The number of hydrogen-bond donors (Lipinski definition) is 0. The lowest BCUT2D eigenvalue weighted by atomic mass is 9.77. The molecule has 0 aliphatic heterocycles. The molecule has 1 aliphatic carbocycles. The van der Waals surface area contributed by atoms with Crippen LogP contribution in [0, 0.1) is 22.7 Å². The van der Waals surface area contributed by atoms with Crippen LogP contribution < -0.4 is 0 Å². The van der Waals surface area contributed by atoms with Crippen LogP contribution in [0.4, 0.5) is 0 Å². The summed E-state index contributed by atoms with van der Waals surface area (Å²) in [6, 6.07) is 2.39. The average molecular weight is 165 g/mol. The molecule has 0 bridgehead atoms. The number of nitrogens with zero attached hydrogens (tertiary/aromatic N) is 1. The van der Waals surface area contributed by atoms with Crippen molar-refractivity contribution in [2.75, 3.05) is 0 Å². The van der Waals surface area contributed by atoms with Crippen molar-refractivity contribution in [1.82, 2.24) is 0 Å². The van der Waals surface area contributed by atoms with Crippen LogP contribution in [0.15, 0.2) is 0 Å².